The van der Waals surface area contributed by atoms with Crippen molar-refractivity contribution >= 4 is 33.6 Å². The van der Waals surface area contributed by atoms with Gasteiger partial charge < -0.3 is 19.8 Å². The smallest absolute Gasteiger partial charge is 0.241 e. The van der Waals surface area contributed by atoms with Crippen molar-refractivity contribution < 1.29 is 28.2 Å². The highest BCUT2D eigenvalue weighted by atomic mass is 35.5. The van der Waals surface area contributed by atoms with E-state index in [1.165, 1.54) is 18.2 Å². The van der Waals surface area contributed by atoms with Crippen molar-refractivity contribution in [1.82, 2.24) is 4.72 Å². The fourth-order valence-corrected chi connectivity index (χ4v) is 2.90. The highest BCUT2D eigenvalue weighted by Gasteiger charge is 2.21. The molecule has 1 atom stereocenters. The zero-order chi connectivity index (χ0) is 15.3. The summed E-state index contributed by atoms with van der Waals surface area (Å²) in [6.07, 6.45) is -1.10. The summed E-state index contributed by atoms with van der Waals surface area (Å²) in [5, 5.41) is 21.3. The molecule has 0 radical (unpaired) electrons. The van der Waals surface area contributed by atoms with Gasteiger partial charge in [0.25, 0.3) is 0 Å². The van der Waals surface area contributed by atoms with Crippen molar-refractivity contribution in [2.45, 2.75) is 23.8 Å². The number of hydrogen-bond donors (Lipinski definition) is 1. The zero-order valence-corrected chi connectivity index (χ0v) is 11.6. The molecule has 0 fully saturated rings. The van der Waals surface area contributed by atoms with E-state index in [9.17, 15) is 28.2 Å². The van der Waals surface area contributed by atoms with Crippen LogP contribution >= 0.6 is 11.6 Å². The van der Waals surface area contributed by atoms with Crippen LogP contribution < -0.4 is 14.9 Å². The summed E-state index contributed by atoms with van der Waals surface area (Å²) in [5.74, 6) is -3.21. The van der Waals surface area contributed by atoms with Crippen LogP contribution in [0.4, 0.5) is 0 Å². The minimum Gasteiger partial charge on any atom is -0.550 e. The number of sulfonamides is 1. The van der Waals surface area contributed by atoms with Gasteiger partial charge in [-0.3, -0.25) is 0 Å². The summed E-state index contributed by atoms with van der Waals surface area (Å²) in [5.41, 5.74) is 0. The Hall–Kier alpha value is -1.64. The lowest BCUT2D eigenvalue weighted by Crippen LogP contribution is -2.48. The lowest BCUT2D eigenvalue weighted by atomic mass is 10.2. The molecule has 0 heterocycles. The Balaban J connectivity index is 2.91. The molecule has 1 N–H and O–H groups in total. The molecule has 110 valence electrons. The van der Waals surface area contributed by atoms with Crippen molar-refractivity contribution in [3.05, 3.63) is 29.3 Å². The summed E-state index contributed by atoms with van der Waals surface area (Å²) in [6.45, 7) is 0. The van der Waals surface area contributed by atoms with Crippen LogP contribution in [0.1, 0.15) is 12.8 Å². The van der Waals surface area contributed by atoms with E-state index in [0.29, 0.717) is 0 Å². The summed E-state index contributed by atoms with van der Waals surface area (Å²) >= 11 is 5.65. The van der Waals surface area contributed by atoms with Crippen molar-refractivity contribution in [2.24, 2.45) is 0 Å². The normalized spacial score (nSPS) is 12.8. The molecule has 0 spiro atoms. The largest absolute Gasteiger partial charge is 0.550 e. The van der Waals surface area contributed by atoms with Gasteiger partial charge in [0.15, 0.2) is 0 Å². The van der Waals surface area contributed by atoms with E-state index >= 15 is 0 Å². The summed E-state index contributed by atoms with van der Waals surface area (Å²) in [7, 11) is -4.14. The van der Waals surface area contributed by atoms with E-state index in [2.05, 4.69) is 0 Å². The van der Waals surface area contributed by atoms with Crippen LogP contribution in [-0.2, 0) is 19.6 Å². The fraction of sp³-hybridized carbons (Fsp3) is 0.273. The van der Waals surface area contributed by atoms with Gasteiger partial charge in [-0.05, 0) is 31.0 Å². The summed E-state index contributed by atoms with van der Waals surface area (Å²) < 4.78 is 25.7. The number of hydrogen-bond acceptors (Lipinski definition) is 6. The Kier molecular flexibility index (Phi) is 5.49. The minimum absolute atomic E-state index is 0.160. The number of halogens is 1. The van der Waals surface area contributed by atoms with Gasteiger partial charge >= 0.3 is 0 Å². The van der Waals surface area contributed by atoms with Crippen molar-refractivity contribution in [1.29, 1.82) is 0 Å². The van der Waals surface area contributed by atoms with Gasteiger partial charge in [0, 0.05) is 11.0 Å². The minimum atomic E-state index is -4.14. The highest BCUT2D eigenvalue weighted by molar-refractivity contribution is 7.89. The van der Waals surface area contributed by atoms with Crippen LogP contribution in [0.25, 0.3) is 0 Å². The van der Waals surface area contributed by atoms with Gasteiger partial charge in [0.1, 0.15) is 0 Å². The molecule has 20 heavy (non-hydrogen) atoms. The molecular weight excluding hydrogens is 310 g/mol. The highest BCUT2D eigenvalue weighted by Crippen LogP contribution is 2.16. The average molecular weight is 320 g/mol. The molecule has 0 aliphatic rings. The first kappa shape index (κ1) is 16.4. The topological polar surface area (TPSA) is 126 Å². The molecule has 7 nitrogen and oxygen atoms in total. The quantitative estimate of drug-likeness (QED) is 0.636. The van der Waals surface area contributed by atoms with Gasteiger partial charge in [-0.25, -0.2) is 13.1 Å². The molecule has 0 aliphatic heterocycles. The number of carbonyl (C=O) groups is 2. The second kappa shape index (κ2) is 6.69. The van der Waals surface area contributed by atoms with E-state index in [0.717, 1.165) is 6.07 Å². The molecule has 1 aromatic rings. The lowest BCUT2D eigenvalue weighted by molar-refractivity contribution is -0.309. The number of carbonyl (C=O) groups excluding carboxylic acids is 2. The van der Waals surface area contributed by atoms with Crippen molar-refractivity contribution in [3.63, 3.8) is 0 Å². The van der Waals surface area contributed by atoms with E-state index in [-0.39, 0.29) is 9.92 Å². The zero-order valence-electron chi connectivity index (χ0n) is 10.0. The molecule has 0 unspecified atom stereocenters. The Labute approximate surface area is 120 Å². The number of nitrogens with one attached hydrogen (secondary N) is 1. The van der Waals surface area contributed by atoms with Gasteiger partial charge in [0.05, 0.1) is 16.9 Å². The molecule has 0 aliphatic carbocycles. The molecule has 9 heteroatoms. The van der Waals surface area contributed by atoms with Gasteiger partial charge in [-0.15, -0.1) is 0 Å². The van der Waals surface area contributed by atoms with Gasteiger partial charge in [-0.1, -0.05) is 17.7 Å². The van der Waals surface area contributed by atoms with Gasteiger partial charge in [-0.2, -0.15) is 0 Å². The predicted octanol–water partition coefficient (Wildman–Crippen LogP) is -1.73. The molecule has 0 saturated carbocycles. The Morgan fingerprint density at radius 1 is 1.30 bits per heavy atom. The SMILES string of the molecule is O=C([O-])CC[C@H](NS(=O)(=O)c1cccc(Cl)c1)C(=O)[O-]. The number of benzene rings is 1. The van der Waals surface area contributed by atoms with Crippen LogP contribution in [0.3, 0.4) is 0 Å². The summed E-state index contributed by atoms with van der Waals surface area (Å²) in [6, 6.07) is 3.52. The monoisotopic (exact) mass is 319 g/mol. The second-order valence-electron chi connectivity index (χ2n) is 3.86. The third kappa shape index (κ3) is 4.80. The first-order valence-electron chi connectivity index (χ1n) is 5.41. The number of carboxylic acids is 2. The van der Waals surface area contributed by atoms with Crippen LogP contribution in [0.5, 0.6) is 0 Å². The number of aliphatic carboxylic acids is 2. The average Bonchev–Trinajstić information content (AvgIpc) is 2.34. The predicted molar refractivity (Wildman–Crippen MR) is 64.8 cm³/mol. The molecule has 1 rings (SSSR count). The summed E-state index contributed by atoms with van der Waals surface area (Å²) in [4.78, 5) is 20.9. The van der Waals surface area contributed by atoms with Crippen molar-refractivity contribution in [2.75, 3.05) is 0 Å². The van der Waals surface area contributed by atoms with E-state index in [1.54, 1.807) is 0 Å². The third-order valence-corrected chi connectivity index (χ3v) is 4.03. The molecule has 1 aromatic carbocycles. The van der Waals surface area contributed by atoms with E-state index in [1.807, 2.05) is 4.72 Å². The van der Waals surface area contributed by atoms with Crippen LogP contribution in [-0.4, -0.2) is 26.4 Å². The van der Waals surface area contributed by atoms with Crippen LogP contribution in [0.2, 0.25) is 5.02 Å². The standard InChI is InChI=1S/C11H12ClNO6S/c12-7-2-1-3-8(6-7)20(18,19)13-9(11(16)17)4-5-10(14)15/h1-3,6,9,13H,4-5H2,(H,14,15)(H,16,17)/p-2/t9-/m0/s1. The molecule has 0 saturated heterocycles. The second-order valence-corrected chi connectivity index (χ2v) is 6.01. The fourth-order valence-electron chi connectivity index (χ4n) is 1.38. The molecule has 0 aromatic heterocycles. The lowest BCUT2D eigenvalue weighted by Gasteiger charge is -2.19. The Bertz CT molecular complexity index is 615. The van der Waals surface area contributed by atoms with Crippen molar-refractivity contribution in [3.8, 4) is 0 Å². The van der Waals surface area contributed by atoms with Crippen LogP contribution in [0.15, 0.2) is 29.2 Å². The maximum absolute atomic E-state index is 11.9. The Morgan fingerprint density at radius 2 is 1.95 bits per heavy atom. The first-order valence-corrected chi connectivity index (χ1v) is 7.27. The van der Waals surface area contributed by atoms with Gasteiger partial charge in [0.2, 0.25) is 10.0 Å². The van der Waals surface area contributed by atoms with Crippen LogP contribution in [0, 0.1) is 0 Å². The van der Waals surface area contributed by atoms with E-state index < -0.39 is 40.8 Å². The molecular formula is C11H10ClNO6S-2. The first-order chi connectivity index (χ1) is 9.22. The molecule has 0 amide bonds. The maximum atomic E-state index is 11.9. The Morgan fingerprint density at radius 3 is 2.45 bits per heavy atom. The molecule has 0 bridgehead atoms. The third-order valence-electron chi connectivity index (χ3n) is 2.33. The number of carboxylic acid groups (broad SMARTS) is 2. The number of rotatable bonds is 7. The van der Waals surface area contributed by atoms with E-state index in [4.69, 9.17) is 11.6 Å². The maximum Gasteiger partial charge on any atom is 0.241 e.